The van der Waals surface area contributed by atoms with Gasteiger partial charge in [0.2, 0.25) is 17.6 Å². The van der Waals surface area contributed by atoms with Crippen molar-refractivity contribution in [2.45, 2.75) is 128 Å². The summed E-state index contributed by atoms with van der Waals surface area (Å²) < 4.78 is 7.41. The number of nitrogens with zero attached hydrogens (tertiary/aromatic N) is 4. The molecule has 6 rings (SSSR count). The Morgan fingerprint density at radius 2 is 1.76 bits per heavy atom. The lowest BCUT2D eigenvalue weighted by Gasteiger charge is -2.35. The van der Waals surface area contributed by atoms with E-state index < -0.39 is 58.7 Å². The molecule has 0 unspecified atom stereocenters. The van der Waals surface area contributed by atoms with E-state index in [0.717, 1.165) is 49.8 Å². The van der Waals surface area contributed by atoms with Crippen molar-refractivity contribution in [3.05, 3.63) is 42.9 Å². The molecule has 0 bridgehead atoms. The molecule has 274 valence electrons. The number of hydrogen-bond donors (Lipinski definition) is 3. The number of nitrogens with one attached hydrogen (secondary N) is 3. The summed E-state index contributed by atoms with van der Waals surface area (Å²) in [6.45, 7) is 7.35. The minimum atomic E-state index is -1.08. The average molecular weight is 704 g/mol. The van der Waals surface area contributed by atoms with Crippen LogP contribution in [0.4, 0.5) is 4.79 Å². The Labute approximate surface area is 298 Å². The fraction of sp³-hybridized carbons (Fsp3) is 0.595. The third-order valence-corrected chi connectivity index (χ3v) is 10.1. The predicted molar refractivity (Wildman–Crippen MR) is 187 cm³/mol. The number of hydrogen-bond acceptors (Lipinski definition) is 9. The maximum atomic E-state index is 14.5. The number of likely N-dealkylation sites (tertiary alicyclic amines) is 1. The SMILES string of the molecule is CCC[C@H](NC(=O)[C@@H]1C[C@]2(CC(n3cnc(-c4ccccc4)c3)=NO2)CN1C(=O)[C@@H](NC(=O)OC1CCCC1)C(C)(C)C)C(=O)C(=O)NC1CC1. The second-order valence-corrected chi connectivity index (χ2v) is 15.4. The smallest absolute Gasteiger partial charge is 0.408 e. The van der Waals surface area contributed by atoms with E-state index in [-0.39, 0.29) is 38.0 Å². The second kappa shape index (κ2) is 14.8. The zero-order chi connectivity index (χ0) is 36.3. The van der Waals surface area contributed by atoms with Crippen LogP contribution in [-0.2, 0) is 28.8 Å². The standard InChI is InChI=1S/C37H49N7O7/c1-5-11-26(30(45)33(47)39-24-16-17-24)40-32(46)28-18-37(19-29(42-51-37)43-20-27(38-22-43)23-12-7-6-8-13-23)21-44(28)34(48)31(36(2,3)4)41-35(49)50-25-14-9-10-15-25/h6-8,12-13,20,22,24-26,28,31H,5,9-11,14-19,21H2,1-4H3,(H,39,47)(H,40,46)(H,41,49)/t26-,28-,31+,37-/m0/s1. The molecular formula is C37H49N7O7. The van der Waals surface area contributed by atoms with Crippen molar-refractivity contribution in [1.82, 2.24) is 30.4 Å². The van der Waals surface area contributed by atoms with Crippen molar-refractivity contribution in [1.29, 1.82) is 0 Å². The first-order chi connectivity index (χ1) is 24.4. The van der Waals surface area contributed by atoms with E-state index >= 15 is 0 Å². The highest BCUT2D eigenvalue weighted by Gasteiger charge is 2.56. The number of carbonyl (C=O) groups is 5. The Bertz CT molecular complexity index is 1660. The van der Waals surface area contributed by atoms with Crippen LogP contribution < -0.4 is 16.0 Å². The van der Waals surface area contributed by atoms with Crippen molar-refractivity contribution in [2.75, 3.05) is 6.54 Å². The first-order valence-corrected chi connectivity index (χ1v) is 18.1. The number of Topliss-reactive ketones (excluding diaryl/α,β-unsaturated/α-hetero) is 1. The molecule has 1 aromatic heterocycles. The highest BCUT2D eigenvalue weighted by Crippen LogP contribution is 2.39. The lowest BCUT2D eigenvalue weighted by molar-refractivity contribution is -0.144. The van der Waals surface area contributed by atoms with E-state index in [2.05, 4.69) is 26.1 Å². The summed E-state index contributed by atoms with van der Waals surface area (Å²) in [7, 11) is 0. The zero-order valence-electron chi connectivity index (χ0n) is 29.9. The molecule has 14 nitrogen and oxygen atoms in total. The Morgan fingerprint density at radius 3 is 2.43 bits per heavy atom. The summed E-state index contributed by atoms with van der Waals surface area (Å²) in [4.78, 5) is 79.7. The van der Waals surface area contributed by atoms with Crippen LogP contribution in [0.1, 0.15) is 91.9 Å². The highest BCUT2D eigenvalue weighted by molar-refractivity contribution is 6.38. The van der Waals surface area contributed by atoms with Gasteiger partial charge in [0, 0.05) is 24.2 Å². The van der Waals surface area contributed by atoms with Crippen molar-refractivity contribution in [3.63, 3.8) is 0 Å². The molecule has 14 heteroatoms. The Kier molecular flexibility index (Phi) is 10.5. The normalized spacial score (nSPS) is 22.9. The van der Waals surface area contributed by atoms with Crippen LogP contribution in [0, 0.1) is 5.41 Å². The molecule has 0 radical (unpaired) electrons. The molecule has 4 atom stereocenters. The molecule has 1 spiro atoms. The lowest BCUT2D eigenvalue weighted by atomic mass is 9.85. The summed E-state index contributed by atoms with van der Waals surface area (Å²) in [6, 6.07) is 6.51. The third kappa shape index (κ3) is 8.42. The number of rotatable bonds is 11. The number of amides is 4. The van der Waals surface area contributed by atoms with Crippen LogP contribution in [0.15, 0.2) is 48.0 Å². The number of ketones is 1. The van der Waals surface area contributed by atoms with Crippen LogP contribution in [0.25, 0.3) is 11.3 Å². The molecule has 4 amide bonds. The number of benzene rings is 1. The van der Waals surface area contributed by atoms with Crippen molar-refractivity contribution < 1.29 is 33.5 Å². The fourth-order valence-electron chi connectivity index (χ4n) is 7.06. The number of aromatic nitrogens is 2. The van der Waals surface area contributed by atoms with Crippen LogP contribution in [-0.4, -0.2) is 92.3 Å². The maximum absolute atomic E-state index is 14.5. The molecule has 1 aromatic carbocycles. The number of imidazole rings is 1. The average Bonchev–Trinajstić information content (AvgIpc) is 3.53. The minimum absolute atomic E-state index is 0.00233. The van der Waals surface area contributed by atoms with Gasteiger partial charge in [-0.2, -0.15) is 0 Å². The van der Waals surface area contributed by atoms with Gasteiger partial charge < -0.3 is 30.4 Å². The summed E-state index contributed by atoms with van der Waals surface area (Å²) in [6.07, 6.45) is 8.89. The van der Waals surface area contributed by atoms with E-state index in [1.807, 2.05) is 64.2 Å². The van der Waals surface area contributed by atoms with Gasteiger partial charge in [-0.25, -0.2) is 9.78 Å². The first kappa shape index (κ1) is 36.1. The topological polar surface area (TPSA) is 173 Å². The van der Waals surface area contributed by atoms with Gasteiger partial charge >= 0.3 is 6.09 Å². The summed E-state index contributed by atoms with van der Waals surface area (Å²) >= 11 is 0. The Hall–Kier alpha value is -4.75. The highest BCUT2D eigenvalue weighted by atomic mass is 16.7. The van der Waals surface area contributed by atoms with Gasteiger partial charge in [0.25, 0.3) is 5.91 Å². The number of ether oxygens (including phenoxy) is 1. The summed E-state index contributed by atoms with van der Waals surface area (Å²) in [5.74, 6) is -1.96. The number of carbonyl (C=O) groups excluding carboxylic acids is 5. The van der Waals surface area contributed by atoms with E-state index in [1.54, 1.807) is 10.9 Å². The van der Waals surface area contributed by atoms with Gasteiger partial charge in [-0.1, -0.05) is 69.6 Å². The second-order valence-electron chi connectivity index (χ2n) is 15.4. The van der Waals surface area contributed by atoms with Crippen molar-refractivity contribution >= 4 is 35.4 Å². The largest absolute Gasteiger partial charge is 0.446 e. The molecule has 2 aliphatic heterocycles. The van der Waals surface area contributed by atoms with Gasteiger partial charge in [-0.3, -0.25) is 23.7 Å². The van der Waals surface area contributed by atoms with E-state index in [0.29, 0.717) is 12.3 Å². The molecule has 51 heavy (non-hydrogen) atoms. The zero-order valence-corrected chi connectivity index (χ0v) is 29.9. The van der Waals surface area contributed by atoms with Crippen LogP contribution in [0.3, 0.4) is 0 Å². The van der Waals surface area contributed by atoms with E-state index in [9.17, 15) is 24.0 Å². The van der Waals surface area contributed by atoms with Gasteiger partial charge in [-0.05, 0) is 50.4 Å². The molecule has 4 aliphatic rings. The molecule has 3 heterocycles. The van der Waals surface area contributed by atoms with Crippen LogP contribution >= 0.6 is 0 Å². The lowest BCUT2D eigenvalue weighted by Crippen LogP contribution is -2.59. The molecule has 1 saturated heterocycles. The Morgan fingerprint density at radius 1 is 1.04 bits per heavy atom. The fourth-order valence-corrected chi connectivity index (χ4v) is 7.06. The molecule has 2 aliphatic carbocycles. The van der Waals surface area contributed by atoms with E-state index in [1.165, 1.54) is 4.90 Å². The van der Waals surface area contributed by atoms with Gasteiger partial charge in [0.05, 0.1) is 24.7 Å². The summed E-state index contributed by atoms with van der Waals surface area (Å²) in [5, 5.41) is 12.7. The number of oxime groups is 1. The first-order valence-electron chi connectivity index (χ1n) is 18.1. The van der Waals surface area contributed by atoms with Gasteiger partial charge in [-0.15, -0.1) is 0 Å². The molecule has 2 saturated carbocycles. The predicted octanol–water partition coefficient (Wildman–Crippen LogP) is 3.69. The quantitative estimate of drug-likeness (QED) is 0.297. The maximum Gasteiger partial charge on any atom is 0.408 e. The third-order valence-electron chi connectivity index (χ3n) is 10.1. The van der Waals surface area contributed by atoms with Crippen molar-refractivity contribution in [3.8, 4) is 11.3 Å². The molecule has 3 N–H and O–H groups in total. The van der Waals surface area contributed by atoms with Crippen molar-refractivity contribution in [2.24, 2.45) is 10.6 Å². The molecular weight excluding hydrogens is 654 g/mol. The van der Waals surface area contributed by atoms with Crippen LogP contribution in [0.5, 0.6) is 0 Å². The summed E-state index contributed by atoms with van der Waals surface area (Å²) in [5.41, 5.74) is -0.132. The number of alkyl carbamates (subject to hydrolysis) is 1. The molecule has 3 fully saturated rings. The molecule has 2 aromatic rings. The van der Waals surface area contributed by atoms with E-state index in [4.69, 9.17) is 9.57 Å². The van der Waals surface area contributed by atoms with Gasteiger partial charge in [0.1, 0.15) is 24.5 Å². The van der Waals surface area contributed by atoms with Crippen LogP contribution in [0.2, 0.25) is 0 Å². The minimum Gasteiger partial charge on any atom is -0.446 e. The monoisotopic (exact) mass is 703 g/mol. The van der Waals surface area contributed by atoms with Gasteiger partial charge in [0.15, 0.2) is 11.4 Å². The Balaban J connectivity index is 1.23.